The first-order valence-electron chi connectivity index (χ1n) is 8.26. The van der Waals surface area contributed by atoms with Gasteiger partial charge >= 0.3 is 0 Å². The molecular formula is C17H22N4O3S. The minimum absolute atomic E-state index is 0.00733. The SMILES string of the molecule is CN(Cc1ccccc1)C(=O)Cn1cnc(S(=O)(=O)N2CCCC2)c1. The zero-order chi connectivity index (χ0) is 17.9. The fraction of sp³-hybridized carbons (Fsp3) is 0.412. The molecule has 134 valence electrons. The number of rotatable bonds is 6. The molecule has 0 spiro atoms. The summed E-state index contributed by atoms with van der Waals surface area (Å²) in [5, 5.41) is 0.00733. The Morgan fingerprint density at radius 3 is 2.56 bits per heavy atom. The molecule has 7 nitrogen and oxygen atoms in total. The minimum atomic E-state index is -3.55. The average molecular weight is 362 g/mol. The molecule has 0 bridgehead atoms. The van der Waals surface area contributed by atoms with E-state index in [9.17, 15) is 13.2 Å². The molecule has 1 amide bonds. The lowest BCUT2D eigenvalue weighted by Crippen LogP contribution is -2.29. The van der Waals surface area contributed by atoms with Gasteiger partial charge in [0.2, 0.25) is 5.91 Å². The van der Waals surface area contributed by atoms with E-state index < -0.39 is 10.0 Å². The van der Waals surface area contributed by atoms with Gasteiger partial charge in [-0.1, -0.05) is 30.3 Å². The first-order chi connectivity index (χ1) is 12.0. The number of hydrogen-bond donors (Lipinski definition) is 0. The Balaban J connectivity index is 1.63. The Kier molecular flexibility index (Phi) is 5.19. The molecule has 0 unspecified atom stereocenters. The lowest BCUT2D eigenvalue weighted by Gasteiger charge is -2.17. The molecule has 1 aromatic heterocycles. The second-order valence-corrected chi connectivity index (χ2v) is 8.12. The van der Waals surface area contributed by atoms with E-state index in [1.54, 1.807) is 11.9 Å². The Bertz CT molecular complexity index is 827. The van der Waals surface area contributed by atoms with Crippen LogP contribution in [-0.4, -0.2) is 53.2 Å². The number of benzene rings is 1. The second-order valence-electron chi connectivity index (χ2n) is 6.23. The van der Waals surface area contributed by atoms with Crippen LogP contribution in [-0.2, 0) is 27.9 Å². The molecule has 2 aromatic rings. The van der Waals surface area contributed by atoms with E-state index >= 15 is 0 Å². The summed E-state index contributed by atoms with van der Waals surface area (Å²) >= 11 is 0. The van der Waals surface area contributed by atoms with Gasteiger partial charge in [0.15, 0.2) is 5.03 Å². The maximum Gasteiger partial charge on any atom is 0.262 e. The highest BCUT2D eigenvalue weighted by atomic mass is 32.2. The van der Waals surface area contributed by atoms with Crippen LogP contribution in [0.15, 0.2) is 47.9 Å². The topological polar surface area (TPSA) is 75.5 Å². The third-order valence-corrected chi connectivity index (χ3v) is 6.07. The highest BCUT2D eigenvalue weighted by Crippen LogP contribution is 2.19. The standard InChI is InChI=1S/C17H22N4O3S/c1-19(11-15-7-3-2-4-8-15)17(22)13-20-12-16(18-14-20)25(23,24)21-9-5-6-10-21/h2-4,7-8,12,14H,5-6,9-11,13H2,1H3. The third kappa shape index (κ3) is 4.08. The quantitative estimate of drug-likeness (QED) is 0.777. The molecule has 0 radical (unpaired) electrons. The zero-order valence-corrected chi connectivity index (χ0v) is 15.0. The molecule has 0 aliphatic carbocycles. The van der Waals surface area contributed by atoms with Gasteiger partial charge in [0.05, 0.1) is 6.33 Å². The van der Waals surface area contributed by atoms with Crippen LogP contribution in [0.2, 0.25) is 0 Å². The molecule has 1 aliphatic heterocycles. The minimum Gasteiger partial charge on any atom is -0.340 e. The van der Waals surface area contributed by atoms with Crippen LogP contribution in [0.5, 0.6) is 0 Å². The van der Waals surface area contributed by atoms with Gasteiger partial charge in [0.1, 0.15) is 6.54 Å². The number of nitrogens with zero attached hydrogens (tertiary/aromatic N) is 4. The van der Waals surface area contributed by atoms with E-state index in [1.807, 2.05) is 30.3 Å². The van der Waals surface area contributed by atoms with Crippen molar-refractivity contribution in [3.8, 4) is 0 Å². The van der Waals surface area contributed by atoms with Crippen LogP contribution in [0.1, 0.15) is 18.4 Å². The molecule has 0 atom stereocenters. The first kappa shape index (κ1) is 17.6. The van der Waals surface area contributed by atoms with E-state index in [2.05, 4.69) is 4.98 Å². The number of aromatic nitrogens is 2. The van der Waals surface area contributed by atoms with Crippen molar-refractivity contribution in [2.45, 2.75) is 31.0 Å². The van der Waals surface area contributed by atoms with Crippen molar-refractivity contribution < 1.29 is 13.2 Å². The molecule has 2 heterocycles. The van der Waals surface area contributed by atoms with Gasteiger partial charge in [0, 0.05) is 32.9 Å². The van der Waals surface area contributed by atoms with E-state index in [0.29, 0.717) is 19.6 Å². The van der Waals surface area contributed by atoms with Gasteiger partial charge < -0.3 is 9.47 Å². The van der Waals surface area contributed by atoms with Crippen molar-refractivity contribution in [1.82, 2.24) is 18.8 Å². The average Bonchev–Trinajstić information content (AvgIpc) is 3.28. The van der Waals surface area contributed by atoms with E-state index in [1.165, 1.54) is 21.4 Å². The molecule has 1 fully saturated rings. The second kappa shape index (κ2) is 7.37. The highest BCUT2D eigenvalue weighted by molar-refractivity contribution is 7.89. The van der Waals surface area contributed by atoms with Crippen LogP contribution >= 0.6 is 0 Å². The number of amides is 1. The van der Waals surface area contributed by atoms with Crippen molar-refractivity contribution in [2.75, 3.05) is 20.1 Å². The summed E-state index contributed by atoms with van der Waals surface area (Å²) in [7, 11) is -1.82. The van der Waals surface area contributed by atoms with Gasteiger partial charge in [-0.2, -0.15) is 4.31 Å². The molecule has 25 heavy (non-hydrogen) atoms. The van der Waals surface area contributed by atoms with Gasteiger partial charge in [-0.15, -0.1) is 0 Å². The third-order valence-electron chi connectivity index (χ3n) is 4.28. The summed E-state index contributed by atoms with van der Waals surface area (Å²) in [5.41, 5.74) is 1.04. The summed E-state index contributed by atoms with van der Waals surface area (Å²) in [5.74, 6) is -0.105. The predicted molar refractivity (Wildman–Crippen MR) is 93.1 cm³/mol. The number of carbonyl (C=O) groups is 1. The van der Waals surface area contributed by atoms with Crippen molar-refractivity contribution in [3.63, 3.8) is 0 Å². The number of imidazole rings is 1. The monoisotopic (exact) mass is 362 g/mol. The molecule has 3 rings (SSSR count). The largest absolute Gasteiger partial charge is 0.340 e. The summed E-state index contributed by atoms with van der Waals surface area (Å²) in [6.45, 7) is 1.64. The zero-order valence-electron chi connectivity index (χ0n) is 14.2. The maximum atomic E-state index is 12.5. The Labute approximate surface area is 147 Å². The molecule has 0 N–H and O–H groups in total. The smallest absolute Gasteiger partial charge is 0.262 e. The molecule has 0 saturated carbocycles. The molecule has 1 aromatic carbocycles. The fourth-order valence-electron chi connectivity index (χ4n) is 2.84. The van der Waals surface area contributed by atoms with Gasteiger partial charge in [-0.05, 0) is 18.4 Å². The van der Waals surface area contributed by atoms with E-state index in [4.69, 9.17) is 0 Å². The highest BCUT2D eigenvalue weighted by Gasteiger charge is 2.29. The normalized spacial score (nSPS) is 15.4. The number of sulfonamides is 1. The number of likely N-dealkylation sites (N-methyl/N-ethyl adjacent to an activating group) is 1. The summed E-state index contributed by atoms with van der Waals surface area (Å²) < 4.78 is 27.9. The summed E-state index contributed by atoms with van der Waals surface area (Å²) in [6.07, 6.45) is 4.59. The number of carbonyl (C=O) groups excluding carboxylic acids is 1. The van der Waals surface area contributed by atoms with E-state index in [0.717, 1.165) is 18.4 Å². The first-order valence-corrected chi connectivity index (χ1v) is 9.70. The van der Waals surface area contributed by atoms with Crippen LogP contribution in [0.4, 0.5) is 0 Å². The van der Waals surface area contributed by atoms with E-state index in [-0.39, 0.29) is 17.5 Å². The lowest BCUT2D eigenvalue weighted by molar-refractivity contribution is -0.131. The summed E-state index contributed by atoms with van der Waals surface area (Å²) in [4.78, 5) is 18.0. The van der Waals surface area contributed by atoms with Gasteiger partial charge in [-0.25, -0.2) is 13.4 Å². The van der Waals surface area contributed by atoms with Crippen LogP contribution in [0, 0.1) is 0 Å². The van der Waals surface area contributed by atoms with Crippen molar-refractivity contribution in [2.24, 2.45) is 0 Å². The fourth-order valence-corrected chi connectivity index (χ4v) is 4.29. The lowest BCUT2D eigenvalue weighted by atomic mass is 10.2. The van der Waals surface area contributed by atoms with Gasteiger partial charge in [-0.3, -0.25) is 4.79 Å². The summed E-state index contributed by atoms with van der Waals surface area (Å²) in [6, 6.07) is 9.71. The molecule has 1 saturated heterocycles. The van der Waals surface area contributed by atoms with Gasteiger partial charge in [0.25, 0.3) is 10.0 Å². The van der Waals surface area contributed by atoms with Crippen molar-refractivity contribution >= 4 is 15.9 Å². The van der Waals surface area contributed by atoms with Crippen LogP contribution in [0.25, 0.3) is 0 Å². The molecular weight excluding hydrogens is 340 g/mol. The van der Waals surface area contributed by atoms with Crippen molar-refractivity contribution in [3.05, 3.63) is 48.4 Å². The Hall–Kier alpha value is -2.19. The molecule has 8 heteroatoms. The predicted octanol–water partition coefficient (Wildman–Crippen LogP) is 1.33. The van der Waals surface area contributed by atoms with Crippen LogP contribution < -0.4 is 0 Å². The Morgan fingerprint density at radius 1 is 1.20 bits per heavy atom. The Morgan fingerprint density at radius 2 is 1.88 bits per heavy atom. The van der Waals surface area contributed by atoms with Crippen LogP contribution in [0.3, 0.4) is 0 Å². The van der Waals surface area contributed by atoms with Crippen molar-refractivity contribution in [1.29, 1.82) is 0 Å². The number of hydrogen-bond acceptors (Lipinski definition) is 4. The molecule has 1 aliphatic rings. The maximum absolute atomic E-state index is 12.5.